The number of carbonyl (C=O) groups excluding carboxylic acids is 4. The standard InChI is InChI=1S/C26H32N6O4S/c1-2-27-25(36)30-22-18(14-20(37-22)19-6-3-4-10-28-19)23(34)31-12-7-17(8-13-31)32-11-5-9-26(16-32)15-21(33)29-24(26)35/h3-4,6,10,14,17H,2,5,7-9,11-13,15-16H2,1H3,(H2,27,30,36)(H,29,33,35). The molecule has 0 aliphatic carbocycles. The van der Waals surface area contributed by atoms with Crippen LogP contribution in [0.1, 0.15) is 49.4 Å². The molecule has 11 heteroatoms. The van der Waals surface area contributed by atoms with Crippen LogP contribution in [0, 0.1) is 5.41 Å². The first-order chi connectivity index (χ1) is 17.9. The molecule has 196 valence electrons. The Hall–Kier alpha value is -3.31. The van der Waals surface area contributed by atoms with E-state index in [1.807, 2.05) is 36.1 Å². The fourth-order valence-electron chi connectivity index (χ4n) is 5.69. The maximum absolute atomic E-state index is 13.6. The van der Waals surface area contributed by atoms with E-state index in [4.69, 9.17) is 0 Å². The molecule has 0 bridgehead atoms. The number of hydrogen-bond acceptors (Lipinski definition) is 7. The van der Waals surface area contributed by atoms with Crippen LogP contribution in [0.2, 0.25) is 0 Å². The fraction of sp³-hybridized carbons (Fsp3) is 0.500. The second-order valence-corrected chi connectivity index (χ2v) is 11.0. The molecule has 37 heavy (non-hydrogen) atoms. The van der Waals surface area contributed by atoms with Crippen LogP contribution in [-0.2, 0) is 9.59 Å². The van der Waals surface area contributed by atoms with Gasteiger partial charge in [0.15, 0.2) is 0 Å². The van der Waals surface area contributed by atoms with E-state index in [9.17, 15) is 19.2 Å². The van der Waals surface area contributed by atoms with Gasteiger partial charge in [0.1, 0.15) is 5.00 Å². The third-order valence-corrected chi connectivity index (χ3v) is 8.63. The molecule has 1 spiro atoms. The van der Waals surface area contributed by atoms with Crippen LogP contribution in [0.5, 0.6) is 0 Å². The zero-order valence-corrected chi connectivity index (χ0v) is 21.7. The van der Waals surface area contributed by atoms with Crippen molar-refractivity contribution >= 4 is 40.1 Å². The first-order valence-corrected chi connectivity index (χ1v) is 13.7. The zero-order valence-electron chi connectivity index (χ0n) is 20.9. The average molecular weight is 525 g/mol. The normalized spacial score (nSPS) is 22.8. The largest absolute Gasteiger partial charge is 0.338 e. The highest BCUT2D eigenvalue weighted by molar-refractivity contribution is 7.20. The van der Waals surface area contributed by atoms with Gasteiger partial charge in [-0.25, -0.2) is 4.79 Å². The summed E-state index contributed by atoms with van der Waals surface area (Å²) in [7, 11) is 0. The van der Waals surface area contributed by atoms with E-state index in [-0.39, 0.29) is 36.2 Å². The van der Waals surface area contributed by atoms with Crippen molar-refractivity contribution in [3.05, 3.63) is 36.0 Å². The Labute approximate surface area is 219 Å². The Morgan fingerprint density at radius 3 is 2.70 bits per heavy atom. The first kappa shape index (κ1) is 25.3. The molecule has 5 heterocycles. The lowest BCUT2D eigenvalue weighted by Gasteiger charge is -2.44. The molecule has 5 rings (SSSR count). The molecule has 2 aromatic heterocycles. The molecule has 3 N–H and O–H groups in total. The molecule has 3 saturated heterocycles. The van der Waals surface area contributed by atoms with Gasteiger partial charge >= 0.3 is 6.03 Å². The molecule has 1 atom stereocenters. The summed E-state index contributed by atoms with van der Waals surface area (Å²) in [5.41, 5.74) is 0.617. The van der Waals surface area contributed by atoms with E-state index in [1.54, 1.807) is 6.20 Å². The van der Waals surface area contributed by atoms with Gasteiger partial charge in [0.05, 0.1) is 21.5 Å². The van der Waals surface area contributed by atoms with Crippen LogP contribution in [0.25, 0.3) is 10.6 Å². The predicted molar refractivity (Wildman–Crippen MR) is 140 cm³/mol. The Morgan fingerprint density at radius 1 is 1.22 bits per heavy atom. The summed E-state index contributed by atoms with van der Waals surface area (Å²) >= 11 is 1.34. The van der Waals surface area contributed by atoms with Gasteiger partial charge in [0.2, 0.25) is 11.8 Å². The summed E-state index contributed by atoms with van der Waals surface area (Å²) < 4.78 is 0. The van der Waals surface area contributed by atoms with Crippen molar-refractivity contribution in [2.24, 2.45) is 5.41 Å². The minimum Gasteiger partial charge on any atom is -0.338 e. The number of amides is 5. The van der Waals surface area contributed by atoms with Gasteiger partial charge in [-0.15, -0.1) is 11.3 Å². The van der Waals surface area contributed by atoms with Crippen molar-refractivity contribution < 1.29 is 19.2 Å². The number of likely N-dealkylation sites (tertiary alicyclic amines) is 2. The number of thiophene rings is 1. The predicted octanol–water partition coefficient (Wildman–Crippen LogP) is 2.68. The number of piperidine rings is 2. The molecule has 5 amide bonds. The molecular weight excluding hydrogens is 492 g/mol. The Kier molecular flexibility index (Phi) is 7.25. The number of aromatic nitrogens is 1. The van der Waals surface area contributed by atoms with Gasteiger partial charge in [0, 0.05) is 44.8 Å². The fourth-order valence-corrected chi connectivity index (χ4v) is 6.71. The van der Waals surface area contributed by atoms with E-state index in [2.05, 4.69) is 25.8 Å². The van der Waals surface area contributed by atoms with Gasteiger partial charge in [-0.2, -0.15) is 0 Å². The smallest absolute Gasteiger partial charge is 0.319 e. The first-order valence-electron chi connectivity index (χ1n) is 12.9. The van der Waals surface area contributed by atoms with Crippen molar-refractivity contribution in [3.8, 4) is 10.6 Å². The number of carbonyl (C=O) groups is 4. The van der Waals surface area contributed by atoms with Gasteiger partial charge in [-0.3, -0.25) is 34.9 Å². The summed E-state index contributed by atoms with van der Waals surface area (Å²) in [5, 5.41) is 8.55. The number of nitrogens with one attached hydrogen (secondary N) is 3. The highest BCUT2D eigenvalue weighted by Gasteiger charge is 2.50. The average Bonchev–Trinajstić information content (AvgIpc) is 3.44. The molecule has 10 nitrogen and oxygen atoms in total. The van der Waals surface area contributed by atoms with Crippen molar-refractivity contribution in [1.29, 1.82) is 0 Å². The minimum absolute atomic E-state index is 0.112. The van der Waals surface area contributed by atoms with Gasteiger partial charge in [-0.05, 0) is 57.4 Å². The van der Waals surface area contributed by atoms with Crippen molar-refractivity contribution in [1.82, 2.24) is 25.4 Å². The maximum atomic E-state index is 13.6. The molecule has 3 aliphatic heterocycles. The van der Waals surface area contributed by atoms with Crippen molar-refractivity contribution in [3.63, 3.8) is 0 Å². The van der Waals surface area contributed by atoms with Crippen LogP contribution in [0.15, 0.2) is 30.5 Å². The van der Waals surface area contributed by atoms with E-state index in [0.717, 1.165) is 42.8 Å². The highest BCUT2D eigenvalue weighted by Crippen LogP contribution is 2.39. The third kappa shape index (κ3) is 5.24. The molecule has 0 saturated carbocycles. The second-order valence-electron chi connectivity index (χ2n) is 9.98. The van der Waals surface area contributed by atoms with E-state index in [0.29, 0.717) is 36.7 Å². The van der Waals surface area contributed by atoms with Gasteiger partial charge in [0.25, 0.3) is 5.91 Å². The number of rotatable bonds is 5. The van der Waals surface area contributed by atoms with Crippen LogP contribution in [0.3, 0.4) is 0 Å². The summed E-state index contributed by atoms with van der Waals surface area (Å²) in [4.78, 5) is 59.6. The van der Waals surface area contributed by atoms with E-state index in [1.165, 1.54) is 11.3 Å². The molecule has 2 aromatic rings. The van der Waals surface area contributed by atoms with Crippen LogP contribution < -0.4 is 16.0 Å². The number of nitrogens with zero attached hydrogens (tertiary/aromatic N) is 3. The molecule has 3 fully saturated rings. The summed E-state index contributed by atoms with van der Waals surface area (Å²) in [6, 6.07) is 7.34. The number of hydrogen-bond donors (Lipinski definition) is 3. The second kappa shape index (κ2) is 10.6. The Morgan fingerprint density at radius 2 is 2.03 bits per heavy atom. The van der Waals surface area contributed by atoms with E-state index >= 15 is 0 Å². The van der Waals surface area contributed by atoms with Crippen molar-refractivity contribution in [2.45, 2.75) is 45.1 Å². The van der Waals surface area contributed by atoms with Gasteiger partial charge < -0.3 is 10.2 Å². The van der Waals surface area contributed by atoms with E-state index < -0.39 is 5.41 Å². The van der Waals surface area contributed by atoms with Crippen LogP contribution in [0.4, 0.5) is 9.80 Å². The monoisotopic (exact) mass is 524 g/mol. The number of pyridine rings is 1. The molecular formula is C26H32N6O4S. The molecule has 0 radical (unpaired) electrons. The van der Waals surface area contributed by atoms with Crippen LogP contribution >= 0.6 is 11.3 Å². The molecule has 3 aliphatic rings. The zero-order chi connectivity index (χ0) is 26.0. The summed E-state index contributed by atoms with van der Waals surface area (Å²) in [6.07, 6.45) is 5.21. The molecule has 1 unspecified atom stereocenters. The lowest BCUT2D eigenvalue weighted by Crippen LogP contribution is -2.54. The lowest BCUT2D eigenvalue weighted by molar-refractivity contribution is -0.131. The SMILES string of the molecule is CCNC(=O)Nc1sc(-c2ccccn2)cc1C(=O)N1CCC(N2CCCC3(CC(=O)NC3=O)C2)CC1. The minimum atomic E-state index is -0.597. The topological polar surface area (TPSA) is 124 Å². The quantitative estimate of drug-likeness (QED) is 0.517. The highest BCUT2D eigenvalue weighted by atomic mass is 32.1. The number of anilines is 1. The summed E-state index contributed by atoms with van der Waals surface area (Å²) in [5.74, 6) is -0.423. The van der Waals surface area contributed by atoms with Crippen molar-refractivity contribution in [2.75, 3.05) is 38.0 Å². The summed E-state index contributed by atoms with van der Waals surface area (Å²) in [6.45, 7) is 5.00. The third-order valence-electron chi connectivity index (χ3n) is 7.55. The van der Waals surface area contributed by atoms with Crippen LogP contribution in [-0.4, -0.2) is 77.3 Å². The Balaban J connectivity index is 1.27. The number of imide groups is 1. The molecule has 0 aromatic carbocycles. The number of urea groups is 1. The van der Waals surface area contributed by atoms with Gasteiger partial charge in [-0.1, -0.05) is 6.07 Å². The maximum Gasteiger partial charge on any atom is 0.319 e. The Bertz CT molecular complexity index is 1190. The lowest BCUT2D eigenvalue weighted by atomic mass is 9.77.